The molecule has 1 N–H and O–H groups in total. The summed E-state index contributed by atoms with van der Waals surface area (Å²) in [5.74, 6) is -1.34. The molecule has 1 aliphatic rings. The van der Waals surface area contributed by atoms with Crippen molar-refractivity contribution in [3.63, 3.8) is 0 Å². The van der Waals surface area contributed by atoms with Crippen LogP contribution in [0.4, 0.5) is 4.79 Å². The molecule has 0 aromatic rings. The highest BCUT2D eigenvalue weighted by atomic mass is 16.6. The van der Waals surface area contributed by atoms with Gasteiger partial charge in [0.15, 0.2) is 0 Å². The van der Waals surface area contributed by atoms with Gasteiger partial charge in [-0.1, -0.05) is 12.7 Å². The summed E-state index contributed by atoms with van der Waals surface area (Å²) in [7, 11) is 0. The van der Waals surface area contributed by atoms with Crippen LogP contribution in [0.15, 0.2) is 12.7 Å². The van der Waals surface area contributed by atoms with Crippen LogP contribution in [0.2, 0.25) is 0 Å². The first-order chi connectivity index (χ1) is 7.07. The lowest BCUT2D eigenvalue weighted by molar-refractivity contribution is -0.142. The zero-order valence-electron chi connectivity index (χ0n) is 8.68. The molecule has 15 heavy (non-hydrogen) atoms. The summed E-state index contributed by atoms with van der Waals surface area (Å²) >= 11 is 0. The summed E-state index contributed by atoms with van der Waals surface area (Å²) in [5.41, 5.74) is 0. The summed E-state index contributed by atoms with van der Waals surface area (Å²) < 4.78 is 4.85. The zero-order valence-corrected chi connectivity index (χ0v) is 8.68. The van der Waals surface area contributed by atoms with Crippen LogP contribution in [0.3, 0.4) is 0 Å². The lowest BCUT2D eigenvalue weighted by Gasteiger charge is -2.22. The first-order valence-electron chi connectivity index (χ1n) is 4.85. The van der Waals surface area contributed by atoms with Crippen molar-refractivity contribution in [2.75, 3.05) is 13.2 Å². The molecule has 0 bridgehead atoms. The van der Waals surface area contributed by atoms with E-state index in [1.165, 1.54) is 11.0 Å². The van der Waals surface area contributed by atoms with Gasteiger partial charge in [0.1, 0.15) is 6.61 Å². The van der Waals surface area contributed by atoms with Crippen molar-refractivity contribution in [1.29, 1.82) is 0 Å². The van der Waals surface area contributed by atoms with Crippen LogP contribution in [0.25, 0.3) is 0 Å². The van der Waals surface area contributed by atoms with Crippen LogP contribution < -0.4 is 0 Å². The number of rotatable bonds is 3. The van der Waals surface area contributed by atoms with Crippen molar-refractivity contribution in [1.82, 2.24) is 4.90 Å². The van der Waals surface area contributed by atoms with Gasteiger partial charge in [0.2, 0.25) is 0 Å². The van der Waals surface area contributed by atoms with Crippen molar-refractivity contribution in [3.8, 4) is 0 Å². The minimum absolute atomic E-state index is 0.153. The minimum atomic E-state index is -0.860. The molecule has 1 saturated heterocycles. The Morgan fingerprint density at radius 1 is 1.67 bits per heavy atom. The van der Waals surface area contributed by atoms with Crippen LogP contribution in [-0.4, -0.2) is 41.3 Å². The van der Waals surface area contributed by atoms with Crippen molar-refractivity contribution >= 4 is 12.1 Å². The Bertz CT molecular complexity index is 277. The van der Waals surface area contributed by atoms with Gasteiger partial charge >= 0.3 is 12.1 Å². The molecule has 5 nitrogen and oxygen atoms in total. The second-order valence-corrected chi connectivity index (χ2v) is 3.53. The molecular formula is C10H15NO4. The molecule has 2 atom stereocenters. The summed E-state index contributed by atoms with van der Waals surface area (Å²) in [6.07, 6.45) is 1.50. The smallest absolute Gasteiger partial charge is 0.410 e. The van der Waals surface area contributed by atoms with Gasteiger partial charge in [-0.25, -0.2) is 4.79 Å². The van der Waals surface area contributed by atoms with E-state index in [9.17, 15) is 9.59 Å². The number of nitrogens with zero attached hydrogens (tertiary/aromatic N) is 1. The fourth-order valence-corrected chi connectivity index (χ4v) is 1.74. The normalized spacial score (nSPS) is 25.0. The molecular weight excluding hydrogens is 198 g/mol. The number of aliphatic carboxylic acids is 1. The number of amides is 1. The van der Waals surface area contributed by atoms with Gasteiger partial charge < -0.3 is 14.7 Å². The average Bonchev–Trinajstić information content (AvgIpc) is 2.56. The largest absolute Gasteiger partial charge is 0.481 e. The molecule has 5 heteroatoms. The third kappa shape index (κ3) is 2.49. The second kappa shape index (κ2) is 4.82. The van der Waals surface area contributed by atoms with Crippen LogP contribution in [-0.2, 0) is 9.53 Å². The first-order valence-corrected chi connectivity index (χ1v) is 4.85. The lowest BCUT2D eigenvalue weighted by atomic mass is 10.0. The third-order valence-electron chi connectivity index (χ3n) is 2.63. The number of hydrogen-bond acceptors (Lipinski definition) is 3. The predicted octanol–water partition coefficient (Wildman–Crippen LogP) is 1.10. The monoisotopic (exact) mass is 213 g/mol. The zero-order chi connectivity index (χ0) is 11.4. The molecule has 0 aromatic heterocycles. The van der Waals surface area contributed by atoms with Crippen molar-refractivity contribution in [2.24, 2.45) is 5.92 Å². The number of likely N-dealkylation sites (tertiary alicyclic amines) is 1. The molecule has 0 radical (unpaired) electrons. The maximum Gasteiger partial charge on any atom is 0.410 e. The van der Waals surface area contributed by atoms with E-state index in [1.54, 1.807) is 6.92 Å². The molecule has 0 saturated carbocycles. The number of hydrogen-bond donors (Lipinski definition) is 1. The Hall–Kier alpha value is -1.52. The Morgan fingerprint density at radius 2 is 2.33 bits per heavy atom. The van der Waals surface area contributed by atoms with Crippen LogP contribution >= 0.6 is 0 Å². The van der Waals surface area contributed by atoms with Crippen LogP contribution in [0.1, 0.15) is 13.3 Å². The van der Waals surface area contributed by atoms with Gasteiger partial charge in [0.25, 0.3) is 0 Å². The maximum absolute atomic E-state index is 11.4. The Morgan fingerprint density at radius 3 is 2.80 bits per heavy atom. The average molecular weight is 213 g/mol. The van der Waals surface area contributed by atoms with Gasteiger partial charge in [-0.3, -0.25) is 4.79 Å². The second-order valence-electron chi connectivity index (χ2n) is 3.53. The molecule has 84 valence electrons. The highest BCUT2D eigenvalue weighted by Crippen LogP contribution is 2.24. The first kappa shape index (κ1) is 11.6. The molecule has 0 aromatic carbocycles. The van der Waals surface area contributed by atoms with Gasteiger partial charge in [-0.2, -0.15) is 0 Å². The molecule has 1 heterocycles. The van der Waals surface area contributed by atoms with Gasteiger partial charge in [-0.15, -0.1) is 0 Å². The van der Waals surface area contributed by atoms with E-state index in [-0.39, 0.29) is 12.6 Å². The van der Waals surface area contributed by atoms with Crippen LogP contribution in [0.5, 0.6) is 0 Å². The number of carboxylic acid groups (broad SMARTS) is 1. The Labute approximate surface area is 88.3 Å². The van der Waals surface area contributed by atoms with E-state index in [2.05, 4.69) is 6.58 Å². The minimum Gasteiger partial charge on any atom is -0.481 e. The summed E-state index contributed by atoms with van der Waals surface area (Å²) in [5, 5.41) is 8.86. The summed E-state index contributed by atoms with van der Waals surface area (Å²) in [6, 6.07) is -0.306. The fourth-order valence-electron chi connectivity index (χ4n) is 1.74. The Balaban J connectivity index is 2.55. The fraction of sp³-hybridized carbons (Fsp3) is 0.600. The van der Waals surface area contributed by atoms with Crippen molar-refractivity contribution < 1.29 is 19.4 Å². The summed E-state index contributed by atoms with van der Waals surface area (Å²) in [4.78, 5) is 23.7. The molecule has 0 aliphatic carbocycles. The molecule has 2 unspecified atom stereocenters. The molecule has 1 fully saturated rings. The number of carbonyl (C=O) groups is 2. The van der Waals surface area contributed by atoms with E-state index < -0.39 is 18.0 Å². The standard InChI is InChI=1S/C10H15NO4/c1-3-6-15-10(14)11-5-4-8(7(11)2)9(12)13/h3,7-8H,1,4-6H2,2H3,(H,12,13). The molecule has 1 aliphatic heterocycles. The van der Waals surface area contributed by atoms with Crippen molar-refractivity contribution in [2.45, 2.75) is 19.4 Å². The van der Waals surface area contributed by atoms with E-state index in [0.29, 0.717) is 13.0 Å². The highest BCUT2D eigenvalue weighted by molar-refractivity contribution is 5.75. The quantitative estimate of drug-likeness (QED) is 0.713. The number of carboxylic acids is 1. The number of ether oxygens (including phenoxy) is 1. The molecule has 1 rings (SSSR count). The van der Waals surface area contributed by atoms with E-state index in [0.717, 1.165) is 0 Å². The maximum atomic E-state index is 11.4. The van der Waals surface area contributed by atoms with E-state index in [1.807, 2.05) is 0 Å². The van der Waals surface area contributed by atoms with E-state index in [4.69, 9.17) is 9.84 Å². The van der Waals surface area contributed by atoms with Crippen molar-refractivity contribution in [3.05, 3.63) is 12.7 Å². The van der Waals surface area contributed by atoms with Crippen LogP contribution in [0, 0.1) is 5.92 Å². The lowest BCUT2D eigenvalue weighted by Crippen LogP contribution is -2.38. The van der Waals surface area contributed by atoms with Gasteiger partial charge in [0, 0.05) is 12.6 Å². The molecule has 1 amide bonds. The Kier molecular flexibility index (Phi) is 3.71. The van der Waals surface area contributed by atoms with Gasteiger partial charge in [0.05, 0.1) is 5.92 Å². The number of carbonyl (C=O) groups excluding carboxylic acids is 1. The van der Waals surface area contributed by atoms with E-state index >= 15 is 0 Å². The summed E-state index contributed by atoms with van der Waals surface area (Å²) in [6.45, 7) is 5.75. The SMILES string of the molecule is C=CCOC(=O)N1CCC(C(=O)O)C1C. The third-order valence-corrected chi connectivity index (χ3v) is 2.63. The predicted molar refractivity (Wildman–Crippen MR) is 53.5 cm³/mol. The highest BCUT2D eigenvalue weighted by Gasteiger charge is 2.38. The topological polar surface area (TPSA) is 66.8 Å². The van der Waals surface area contributed by atoms with Gasteiger partial charge in [-0.05, 0) is 13.3 Å². The molecule has 0 spiro atoms.